The maximum atomic E-state index is 12.6. The Labute approximate surface area is 155 Å². The van der Waals surface area contributed by atoms with Gasteiger partial charge in [-0.25, -0.2) is 0 Å². The molecule has 5 heteroatoms. The molecule has 0 aliphatic heterocycles. The summed E-state index contributed by atoms with van der Waals surface area (Å²) in [5, 5.41) is 6.21. The minimum atomic E-state index is -0.0317. The highest BCUT2D eigenvalue weighted by Gasteiger charge is 2.31. The maximum Gasteiger partial charge on any atom is 0.227 e. The van der Waals surface area contributed by atoms with Gasteiger partial charge in [-0.15, -0.1) is 0 Å². The van der Waals surface area contributed by atoms with E-state index >= 15 is 0 Å². The van der Waals surface area contributed by atoms with Crippen molar-refractivity contribution < 1.29 is 14.3 Å². The second kappa shape index (κ2) is 8.56. The molecule has 2 N–H and O–H groups in total. The summed E-state index contributed by atoms with van der Waals surface area (Å²) in [5.41, 5.74) is 1.80. The van der Waals surface area contributed by atoms with E-state index < -0.39 is 0 Å². The third-order valence-electron chi connectivity index (χ3n) is 5.78. The van der Waals surface area contributed by atoms with Gasteiger partial charge in [0.05, 0.1) is 12.8 Å². The lowest BCUT2D eigenvalue weighted by molar-refractivity contribution is -0.129. The average Bonchev–Trinajstić information content (AvgIpc) is 3.15. The van der Waals surface area contributed by atoms with E-state index in [0.717, 1.165) is 49.8 Å². The fraction of sp³-hybridized carbons (Fsp3) is 0.619. The van der Waals surface area contributed by atoms with Gasteiger partial charge in [0.15, 0.2) is 0 Å². The van der Waals surface area contributed by atoms with Crippen LogP contribution in [-0.4, -0.2) is 25.0 Å². The lowest BCUT2D eigenvalue weighted by Gasteiger charge is -2.28. The summed E-state index contributed by atoms with van der Waals surface area (Å²) in [6, 6.07) is 6.13. The zero-order chi connectivity index (χ0) is 18.5. The van der Waals surface area contributed by atoms with Gasteiger partial charge in [0.1, 0.15) is 5.75 Å². The number of methoxy groups -OCH3 is 1. The largest absolute Gasteiger partial charge is 0.495 e. The van der Waals surface area contributed by atoms with Crippen LogP contribution in [0.1, 0.15) is 56.9 Å². The van der Waals surface area contributed by atoms with Gasteiger partial charge < -0.3 is 15.4 Å². The number of aryl methyl sites for hydroxylation is 1. The second-order valence-corrected chi connectivity index (χ2v) is 7.73. The molecule has 0 radical (unpaired) electrons. The zero-order valence-electron chi connectivity index (χ0n) is 15.8. The fourth-order valence-corrected chi connectivity index (χ4v) is 4.16. The van der Waals surface area contributed by atoms with E-state index in [1.807, 2.05) is 25.1 Å². The van der Waals surface area contributed by atoms with E-state index in [1.165, 1.54) is 12.8 Å². The van der Waals surface area contributed by atoms with Gasteiger partial charge in [-0.1, -0.05) is 18.9 Å². The molecular formula is C21H30N2O3. The van der Waals surface area contributed by atoms with Crippen molar-refractivity contribution >= 4 is 17.5 Å². The molecule has 0 heterocycles. The van der Waals surface area contributed by atoms with Gasteiger partial charge in [-0.3, -0.25) is 9.59 Å². The maximum absolute atomic E-state index is 12.6. The van der Waals surface area contributed by atoms with E-state index in [9.17, 15) is 9.59 Å². The standard InChI is InChI=1S/C21H30N2O3/c1-14-7-12-19(26-2)18(13-14)23-21(25)16-10-8-15(9-11-16)20(24)22-17-5-3-4-6-17/h7,12-13,15-17H,3-6,8-11H2,1-2H3,(H,22,24)(H,23,25). The van der Waals surface area contributed by atoms with Crippen molar-refractivity contribution in [3.8, 4) is 5.75 Å². The summed E-state index contributed by atoms with van der Waals surface area (Å²) in [4.78, 5) is 25.0. The molecule has 0 saturated heterocycles. The fourth-order valence-electron chi connectivity index (χ4n) is 4.16. The van der Waals surface area contributed by atoms with Crippen molar-refractivity contribution in [2.45, 2.75) is 64.3 Å². The summed E-state index contributed by atoms with van der Waals surface area (Å²) in [5.74, 6) is 0.928. The van der Waals surface area contributed by atoms with Crippen molar-refractivity contribution in [1.29, 1.82) is 0 Å². The van der Waals surface area contributed by atoms with Crippen LogP contribution in [0, 0.1) is 18.8 Å². The van der Waals surface area contributed by atoms with Crippen molar-refractivity contribution in [3.63, 3.8) is 0 Å². The first kappa shape index (κ1) is 18.7. The van der Waals surface area contributed by atoms with Crippen LogP contribution in [0.3, 0.4) is 0 Å². The topological polar surface area (TPSA) is 67.4 Å². The third kappa shape index (κ3) is 4.57. The minimum Gasteiger partial charge on any atom is -0.495 e. The molecule has 0 spiro atoms. The molecule has 2 amide bonds. The third-order valence-corrected chi connectivity index (χ3v) is 5.78. The Morgan fingerprint density at radius 1 is 0.962 bits per heavy atom. The summed E-state index contributed by atoms with van der Waals surface area (Å²) < 4.78 is 5.33. The predicted molar refractivity (Wildman–Crippen MR) is 102 cm³/mol. The Morgan fingerprint density at radius 3 is 2.19 bits per heavy atom. The molecule has 3 rings (SSSR count). The van der Waals surface area contributed by atoms with Crippen LogP contribution in [0.15, 0.2) is 18.2 Å². The number of rotatable bonds is 5. The second-order valence-electron chi connectivity index (χ2n) is 7.73. The lowest BCUT2D eigenvalue weighted by Crippen LogP contribution is -2.39. The van der Waals surface area contributed by atoms with E-state index in [1.54, 1.807) is 7.11 Å². The molecular weight excluding hydrogens is 328 g/mol. The van der Waals surface area contributed by atoms with E-state index in [2.05, 4.69) is 10.6 Å². The Bertz CT molecular complexity index is 645. The van der Waals surface area contributed by atoms with Crippen LogP contribution in [0.2, 0.25) is 0 Å². The molecule has 2 saturated carbocycles. The Balaban J connectivity index is 1.50. The quantitative estimate of drug-likeness (QED) is 0.841. The van der Waals surface area contributed by atoms with Crippen molar-refractivity contribution in [2.24, 2.45) is 11.8 Å². The van der Waals surface area contributed by atoms with Crippen molar-refractivity contribution in [2.75, 3.05) is 12.4 Å². The molecule has 142 valence electrons. The molecule has 1 aromatic rings. The minimum absolute atomic E-state index is 0.0311. The molecule has 2 aliphatic rings. The number of benzene rings is 1. The van der Waals surface area contributed by atoms with Crippen LogP contribution >= 0.6 is 0 Å². The first-order chi connectivity index (χ1) is 12.6. The number of carbonyl (C=O) groups is 2. The Kier molecular flexibility index (Phi) is 6.17. The van der Waals surface area contributed by atoms with Gasteiger partial charge in [0.2, 0.25) is 11.8 Å². The summed E-state index contributed by atoms with van der Waals surface area (Å²) in [6.07, 6.45) is 7.79. The highest BCUT2D eigenvalue weighted by Crippen LogP contribution is 2.32. The monoisotopic (exact) mass is 358 g/mol. The smallest absolute Gasteiger partial charge is 0.227 e. The Hall–Kier alpha value is -2.04. The number of hydrogen-bond donors (Lipinski definition) is 2. The summed E-state index contributed by atoms with van der Waals surface area (Å²) in [6.45, 7) is 1.99. The van der Waals surface area contributed by atoms with Gasteiger partial charge in [0.25, 0.3) is 0 Å². The molecule has 0 atom stereocenters. The van der Waals surface area contributed by atoms with E-state index in [-0.39, 0.29) is 23.7 Å². The van der Waals surface area contributed by atoms with E-state index in [0.29, 0.717) is 11.8 Å². The average molecular weight is 358 g/mol. The normalized spacial score (nSPS) is 23.5. The number of hydrogen-bond acceptors (Lipinski definition) is 3. The molecule has 5 nitrogen and oxygen atoms in total. The van der Waals surface area contributed by atoms with Crippen LogP contribution in [0.4, 0.5) is 5.69 Å². The van der Waals surface area contributed by atoms with Crippen LogP contribution in [0.25, 0.3) is 0 Å². The number of anilines is 1. The van der Waals surface area contributed by atoms with Gasteiger partial charge in [0, 0.05) is 17.9 Å². The summed E-state index contributed by atoms with van der Waals surface area (Å²) in [7, 11) is 1.61. The number of ether oxygens (including phenoxy) is 1. The molecule has 1 aromatic carbocycles. The predicted octanol–water partition coefficient (Wildman–Crippen LogP) is 3.81. The Morgan fingerprint density at radius 2 is 1.58 bits per heavy atom. The van der Waals surface area contributed by atoms with Crippen LogP contribution < -0.4 is 15.4 Å². The van der Waals surface area contributed by atoms with Gasteiger partial charge >= 0.3 is 0 Å². The van der Waals surface area contributed by atoms with Gasteiger partial charge in [-0.2, -0.15) is 0 Å². The molecule has 0 bridgehead atoms. The lowest BCUT2D eigenvalue weighted by atomic mass is 9.81. The molecule has 0 aromatic heterocycles. The molecule has 0 unspecified atom stereocenters. The SMILES string of the molecule is COc1ccc(C)cc1NC(=O)C1CCC(C(=O)NC2CCCC2)CC1. The summed E-state index contributed by atoms with van der Waals surface area (Å²) >= 11 is 0. The van der Waals surface area contributed by atoms with Crippen LogP contribution in [-0.2, 0) is 9.59 Å². The van der Waals surface area contributed by atoms with E-state index in [4.69, 9.17) is 4.74 Å². The van der Waals surface area contributed by atoms with Crippen LogP contribution in [0.5, 0.6) is 5.75 Å². The highest BCUT2D eigenvalue weighted by molar-refractivity contribution is 5.94. The molecule has 2 aliphatic carbocycles. The highest BCUT2D eigenvalue weighted by atomic mass is 16.5. The molecule has 26 heavy (non-hydrogen) atoms. The first-order valence-electron chi connectivity index (χ1n) is 9.82. The first-order valence-corrected chi connectivity index (χ1v) is 9.82. The van der Waals surface area contributed by atoms with Crippen molar-refractivity contribution in [3.05, 3.63) is 23.8 Å². The molecule has 2 fully saturated rings. The zero-order valence-corrected chi connectivity index (χ0v) is 15.8. The van der Waals surface area contributed by atoms with Gasteiger partial charge in [-0.05, 0) is 63.1 Å². The van der Waals surface area contributed by atoms with Crippen molar-refractivity contribution in [1.82, 2.24) is 5.32 Å². The number of carbonyl (C=O) groups excluding carboxylic acids is 2. The number of amides is 2. The number of nitrogens with one attached hydrogen (secondary N) is 2.